The average molecular weight is 788 g/mol. The van der Waals surface area contributed by atoms with Crippen molar-refractivity contribution in [2.75, 3.05) is 0 Å². The van der Waals surface area contributed by atoms with Crippen LogP contribution in [0.4, 0.5) is 22.7 Å². The van der Waals surface area contributed by atoms with Crippen molar-refractivity contribution in [3.63, 3.8) is 0 Å². The lowest BCUT2D eigenvalue weighted by Crippen LogP contribution is -2.46. The maximum absolute atomic E-state index is 7.06. The second kappa shape index (κ2) is 13.0. The van der Waals surface area contributed by atoms with E-state index in [1.165, 1.54) is 66.9 Å². The fraction of sp³-hybridized carbons (Fsp3) is 0.236. The summed E-state index contributed by atoms with van der Waals surface area (Å²) in [6.45, 7) is 25.2. The molecule has 1 saturated heterocycles. The zero-order chi connectivity index (χ0) is 42.0. The van der Waals surface area contributed by atoms with Gasteiger partial charge in [0.2, 0.25) is 11.4 Å². The van der Waals surface area contributed by atoms with Gasteiger partial charge in [0, 0.05) is 58.9 Å². The number of aromatic nitrogens is 2. The predicted molar refractivity (Wildman–Crippen MR) is 251 cm³/mol. The van der Waals surface area contributed by atoms with Gasteiger partial charge in [-0.1, -0.05) is 129 Å². The summed E-state index contributed by atoms with van der Waals surface area (Å²) in [6, 6.07) is 51.3. The molecular weight excluding hydrogens is 733 g/mol. The Bertz CT molecular complexity index is 3010. The molecule has 60 heavy (non-hydrogen) atoms. The van der Waals surface area contributed by atoms with E-state index >= 15 is 0 Å². The molecule has 2 aliphatic heterocycles. The lowest BCUT2D eigenvalue weighted by atomic mass is 9.86. The lowest BCUT2D eigenvalue weighted by Gasteiger charge is -2.41. The molecule has 0 N–H and O–H groups in total. The first kappa shape index (κ1) is 38.2. The molecule has 0 amide bonds. The van der Waals surface area contributed by atoms with Gasteiger partial charge in [0.1, 0.15) is 17.3 Å². The Kier molecular flexibility index (Phi) is 8.27. The number of hydrogen-bond acceptors (Lipinski definition) is 2. The van der Waals surface area contributed by atoms with Crippen LogP contribution >= 0.6 is 0 Å². The molecule has 1 unspecified atom stereocenters. The van der Waals surface area contributed by atoms with E-state index in [4.69, 9.17) is 9.72 Å². The molecule has 5 nitrogen and oxygen atoms in total. The Morgan fingerprint density at radius 3 is 1.83 bits per heavy atom. The number of nitrogens with zero attached hydrogens (tertiary/aromatic N) is 4. The van der Waals surface area contributed by atoms with E-state index in [2.05, 4.69) is 220 Å². The summed E-state index contributed by atoms with van der Waals surface area (Å²) in [5, 5.41) is 2.38. The molecular formula is C55H55N4O+. The van der Waals surface area contributed by atoms with E-state index in [1.54, 1.807) is 0 Å². The van der Waals surface area contributed by atoms with Crippen LogP contribution in [0.25, 0.3) is 38.8 Å². The van der Waals surface area contributed by atoms with Crippen molar-refractivity contribution < 1.29 is 4.74 Å². The first-order chi connectivity index (χ1) is 28.5. The summed E-state index contributed by atoms with van der Waals surface area (Å²) in [7, 11) is 0. The Morgan fingerprint density at radius 2 is 1.13 bits per heavy atom. The van der Waals surface area contributed by atoms with Gasteiger partial charge in [0.25, 0.3) is 0 Å². The van der Waals surface area contributed by atoms with Crippen molar-refractivity contribution >= 4 is 44.6 Å². The van der Waals surface area contributed by atoms with E-state index in [9.17, 15) is 0 Å². The summed E-state index contributed by atoms with van der Waals surface area (Å²) >= 11 is 0. The summed E-state index contributed by atoms with van der Waals surface area (Å²) in [5.41, 5.74) is 14.7. The second-order valence-electron chi connectivity index (χ2n) is 20.0. The first-order valence-corrected chi connectivity index (χ1v) is 21.3. The SMILES string of the molecule is Cc1cccc([N@+]23[CH-][N+]2(c2cc(Oc4ccc5c6ccc(C(C)(C)C)cc6n(-c6cc(C(C)(C)C)ccn6)c5c4)cc(C(C)(C)C)c2)c2ccccc23)c1-c1ccccc1. The maximum atomic E-state index is 7.06. The Labute approximate surface area is 355 Å². The van der Waals surface area contributed by atoms with Crippen molar-refractivity contribution in [2.45, 2.75) is 85.5 Å². The number of para-hydroxylation sites is 2. The standard InChI is InChI=1S/C55H55N4O/c1-36-17-16-22-50(52(36)37-18-12-11-13-19-37)59-35-58(59,48-20-14-15-21-49(48)59)41-29-40(55(8,9)10)30-43(33-41)60-42-24-26-45-44-25-23-38(53(2,3)4)31-46(44)57(47(45)34-42)51-32-39(27-28-56-51)54(5,6)7/h11-35H,1-10H3/q+1/t58?,59-/m1/s1. The molecule has 4 heterocycles. The number of pyridine rings is 1. The second-order valence-corrected chi connectivity index (χ2v) is 20.0. The number of hydrogen-bond donors (Lipinski definition) is 0. The predicted octanol–water partition coefficient (Wildman–Crippen LogP) is 15.2. The highest BCUT2D eigenvalue weighted by molar-refractivity contribution is 6.10. The molecule has 0 radical (unpaired) electrons. The highest BCUT2D eigenvalue weighted by Gasteiger charge is 2.78. The van der Waals surface area contributed by atoms with Crippen molar-refractivity contribution in [3.8, 4) is 28.4 Å². The van der Waals surface area contributed by atoms with Crippen molar-refractivity contribution in [2.24, 2.45) is 0 Å². The molecule has 2 aromatic heterocycles. The summed E-state index contributed by atoms with van der Waals surface area (Å²) in [6.07, 6.45) is 1.95. The Hall–Kier alpha value is -6.01. The van der Waals surface area contributed by atoms with Gasteiger partial charge >= 0.3 is 0 Å². The average Bonchev–Trinajstić information content (AvgIpc) is 3.70. The van der Waals surface area contributed by atoms with Gasteiger partial charge in [-0.05, 0) is 87.4 Å². The van der Waals surface area contributed by atoms with Crippen LogP contribution in [0.2, 0.25) is 0 Å². The number of fused-ring (bicyclic) bond motifs is 7. The normalized spacial score (nSPS) is 18.6. The quantitative estimate of drug-likeness (QED) is 0.0953. The van der Waals surface area contributed by atoms with Crippen LogP contribution in [0.3, 0.4) is 0 Å². The van der Waals surface area contributed by atoms with Crippen LogP contribution in [0, 0.1) is 13.6 Å². The molecule has 5 heteroatoms. The zero-order valence-corrected chi connectivity index (χ0v) is 36.6. The minimum atomic E-state index is -0.119. The fourth-order valence-electron chi connectivity index (χ4n) is 9.54. The number of ether oxygens (including phenoxy) is 1. The van der Waals surface area contributed by atoms with Gasteiger partial charge in [-0.3, -0.25) is 4.57 Å². The van der Waals surface area contributed by atoms with Gasteiger partial charge < -0.3 is 4.74 Å². The summed E-state index contributed by atoms with van der Waals surface area (Å²) in [4.78, 5) is 4.99. The smallest absolute Gasteiger partial charge is 0.225 e. The molecule has 2 aliphatic rings. The van der Waals surface area contributed by atoms with Crippen molar-refractivity contribution in [1.29, 1.82) is 0 Å². The van der Waals surface area contributed by atoms with Gasteiger partial charge in [0.15, 0.2) is 18.0 Å². The molecule has 1 fully saturated rings. The molecule has 0 bridgehead atoms. The summed E-state index contributed by atoms with van der Waals surface area (Å²) in [5.74, 6) is 2.52. The molecule has 6 aromatic carbocycles. The fourth-order valence-corrected chi connectivity index (χ4v) is 9.54. The number of aryl methyl sites for hydroxylation is 1. The van der Waals surface area contributed by atoms with E-state index in [1.807, 2.05) is 6.20 Å². The first-order valence-electron chi connectivity index (χ1n) is 21.3. The topological polar surface area (TPSA) is 27.1 Å². The van der Waals surface area contributed by atoms with Gasteiger partial charge in [0.05, 0.1) is 11.0 Å². The van der Waals surface area contributed by atoms with Crippen LogP contribution in [-0.4, -0.2) is 9.55 Å². The van der Waals surface area contributed by atoms with Crippen LogP contribution in [0.5, 0.6) is 11.5 Å². The minimum Gasteiger partial charge on any atom is -0.457 e. The Morgan fingerprint density at radius 1 is 0.517 bits per heavy atom. The van der Waals surface area contributed by atoms with E-state index in [0.717, 1.165) is 28.4 Å². The van der Waals surface area contributed by atoms with E-state index < -0.39 is 0 Å². The van der Waals surface area contributed by atoms with Crippen LogP contribution in [0.1, 0.15) is 84.6 Å². The minimum absolute atomic E-state index is 0.00306. The third kappa shape index (κ3) is 5.70. The molecule has 0 aliphatic carbocycles. The molecule has 300 valence electrons. The largest absolute Gasteiger partial charge is 0.457 e. The highest BCUT2D eigenvalue weighted by atomic mass is 16.5. The zero-order valence-electron chi connectivity index (χ0n) is 36.6. The molecule has 0 spiro atoms. The Balaban J connectivity index is 1.13. The third-order valence-corrected chi connectivity index (χ3v) is 12.9. The monoisotopic (exact) mass is 787 g/mol. The molecule has 0 saturated carbocycles. The van der Waals surface area contributed by atoms with Gasteiger partial charge in [-0.25, -0.2) is 4.98 Å². The lowest BCUT2D eigenvalue weighted by molar-refractivity contribution is 0.423. The highest BCUT2D eigenvalue weighted by Crippen LogP contribution is 2.76. The number of quaternary nitrogens is 2. The number of benzene rings is 6. The molecule has 10 rings (SSSR count). The summed E-state index contributed by atoms with van der Waals surface area (Å²) < 4.78 is 10.6. The maximum Gasteiger partial charge on any atom is 0.225 e. The molecule has 2 atom stereocenters. The van der Waals surface area contributed by atoms with Crippen molar-refractivity contribution in [3.05, 3.63) is 175 Å². The molecule has 8 aromatic rings. The van der Waals surface area contributed by atoms with E-state index in [-0.39, 0.29) is 16.2 Å². The van der Waals surface area contributed by atoms with Crippen LogP contribution < -0.4 is 13.9 Å². The van der Waals surface area contributed by atoms with Crippen LogP contribution in [0.15, 0.2) is 146 Å². The van der Waals surface area contributed by atoms with E-state index in [0.29, 0.717) is 9.18 Å². The van der Waals surface area contributed by atoms with Gasteiger partial charge in [-0.15, -0.1) is 0 Å². The van der Waals surface area contributed by atoms with Crippen molar-refractivity contribution in [1.82, 2.24) is 18.7 Å². The third-order valence-electron chi connectivity index (χ3n) is 12.9. The van der Waals surface area contributed by atoms with Crippen LogP contribution in [-0.2, 0) is 16.2 Å². The van der Waals surface area contributed by atoms with Gasteiger partial charge in [-0.2, -0.15) is 9.18 Å². The number of rotatable bonds is 6.